The Kier molecular flexibility index (Phi) is 5.92. The largest absolute Gasteiger partial charge is 0.485 e. The fraction of sp³-hybridized carbons (Fsp3) is 0.455. The van der Waals surface area contributed by atoms with E-state index >= 15 is 0 Å². The van der Waals surface area contributed by atoms with Gasteiger partial charge in [0.1, 0.15) is 11.9 Å². The summed E-state index contributed by atoms with van der Waals surface area (Å²) in [6.45, 7) is 3.87. The lowest BCUT2D eigenvalue weighted by molar-refractivity contribution is -0.145. The first-order valence-corrected chi connectivity index (χ1v) is 9.41. The van der Waals surface area contributed by atoms with Gasteiger partial charge in [0.25, 0.3) is 0 Å². The van der Waals surface area contributed by atoms with E-state index in [0.29, 0.717) is 11.3 Å². The lowest BCUT2D eigenvalue weighted by Gasteiger charge is -2.30. The molecule has 4 heteroatoms. The van der Waals surface area contributed by atoms with Gasteiger partial charge < -0.3 is 9.47 Å². The number of hydrogen-bond acceptors (Lipinski definition) is 4. The molecule has 0 amide bonds. The summed E-state index contributed by atoms with van der Waals surface area (Å²) in [4.78, 5) is 25.3. The fourth-order valence-electron chi connectivity index (χ4n) is 3.86. The van der Waals surface area contributed by atoms with Gasteiger partial charge in [0, 0.05) is 11.8 Å². The number of carbonyl (C=O) groups is 2. The second-order valence-corrected chi connectivity index (χ2v) is 7.02. The molecular weight excluding hydrogens is 328 g/mol. The lowest BCUT2D eigenvalue weighted by Crippen LogP contribution is -2.37. The average molecular weight is 354 g/mol. The third-order valence-electron chi connectivity index (χ3n) is 5.14. The molecule has 138 valence electrons. The predicted molar refractivity (Wildman–Crippen MR) is 100 cm³/mol. The zero-order valence-corrected chi connectivity index (χ0v) is 15.4. The minimum Gasteiger partial charge on any atom is -0.485 e. The molecule has 1 saturated heterocycles. The van der Waals surface area contributed by atoms with Crippen molar-refractivity contribution in [1.82, 2.24) is 0 Å². The van der Waals surface area contributed by atoms with Crippen LogP contribution < -0.4 is 0 Å². The normalized spacial score (nSPS) is 32.4. The van der Waals surface area contributed by atoms with Crippen molar-refractivity contribution in [2.45, 2.75) is 51.7 Å². The number of allylic oxidation sites excluding steroid dienone is 7. The summed E-state index contributed by atoms with van der Waals surface area (Å²) in [6.07, 6.45) is 17.8. The van der Waals surface area contributed by atoms with Crippen LogP contribution >= 0.6 is 0 Å². The number of cyclic esters (lactones) is 1. The minimum absolute atomic E-state index is 0.0898. The Morgan fingerprint density at radius 3 is 2.62 bits per heavy atom. The van der Waals surface area contributed by atoms with Gasteiger partial charge in [-0.15, -0.1) is 0 Å². The van der Waals surface area contributed by atoms with Crippen molar-refractivity contribution < 1.29 is 19.1 Å². The Bertz CT molecular complexity index is 708. The van der Waals surface area contributed by atoms with Crippen molar-refractivity contribution in [2.24, 2.45) is 11.8 Å². The SMILES string of the molecule is C/C=C/C=C\C=C\C1=C2C(=O)O[C@@H](C)CCCC[C@@H]3C(=O)C=C[C@H](O1)[C@H]23. The Morgan fingerprint density at radius 1 is 1.04 bits per heavy atom. The molecular formula is C22H26O4. The van der Waals surface area contributed by atoms with Gasteiger partial charge in [-0.2, -0.15) is 0 Å². The van der Waals surface area contributed by atoms with Gasteiger partial charge in [0.15, 0.2) is 5.78 Å². The maximum atomic E-state index is 12.8. The van der Waals surface area contributed by atoms with Crippen molar-refractivity contribution >= 4 is 11.8 Å². The molecule has 0 aromatic rings. The van der Waals surface area contributed by atoms with Gasteiger partial charge >= 0.3 is 5.97 Å². The Morgan fingerprint density at radius 2 is 1.81 bits per heavy atom. The molecule has 4 atom stereocenters. The van der Waals surface area contributed by atoms with E-state index < -0.39 is 0 Å². The maximum absolute atomic E-state index is 12.8. The van der Waals surface area contributed by atoms with E-state index in [-0.39, 0.29) is 35.8 Å². The van der Waals surface area contributed by atoms with Gasteiger partial charge in [0.05, 0.1) is 11.7 Å². The smallest absolute Gasteiger partial charge is 0.338 e. The van der Waals surface area contributed by atoms with Crippen LogP contribution in [0.4, 0.5) is 0 Å². The Labute approximate surface area is 154 Å². The molecule has 1 fully saturated rings. The molecule has 3 rings (SSSR count). The molecule has 4 nitrogen and oxygen atoms in total. The zero-order valence-electron chi connectivity index (χ0n) is 15.4. The van der Waals surface area contributed by atoms with Gasteiger partial charge in [-0.25, -0.2) is 4.79 Å². The van der Waals surface area contributed by atoms with Crippen LogP contribution in [0, 0.1) is 11.8 Å². The van der Waals surface area contributed by atoms with Crippen molar-refractivity contribution in [3.63, 3.8) is 0 Å². The zero-order chi connectivity index (χ0) is 18.5. The van der Waals surface area contributed by atoms with E-state index in [2.05, 4.69) is 0 Å². The molecule has 26 heavy (non-hydrogen) atoms. The quantitative estimate of drug-likeness (QED) is 0.563. The summed E-state index contributed by atoms with van der Waals surface area (Å²) in [5.41, 5.74) is 0.516. The molecule has 0 N–H and O–H groups in total. The summed E-state index contributed by atoms with van der Waals surface area (Å²) in [5.74, 6) is -0.189. The number of ketones is 1. The van der Waals surface area contributed by atoms with Crippen molar-refractivity contribution in [3.8, 4) is 0 Å². The number of carbonyl (C=O) groups excluding carboxylic acids is 2. The van der Waals surface area contributed by atoms with Crippen LogP contribution in [0.1, 0.15) is 39.5 Å². The molecule has 2 heterocycles. The molecule has 2 aliphatic heterocycles. The molecule has 1 aliphatic carbocycles. The number of rotatable bonds is 3. The summed E-state index contributed by atoms with van der Waals surface area (Å²) in [6, 6.07) is 0. The highest BCUT2D eigenvalue weighted by Gasteiger charge is 2.47. The van der Waals surface area contributed by atoms with Gasteiger partial charge in [-0.1, -0.05) is 36.8 Å². The van der Waals surface area contributed by atoms with Crippen LogP contribution in [0.2, 0.25) is 0 Å². The summed E-state index contributed by atoms with van der Waals surface area (Å²) in [7, 11) is 0. The van der Waals surface area contributed by atoms with E-state index in [9.17, 15) is 9.59 Å². The van der Waals surface area contributed by atoms with Gasteiger partial charge in [-0.3, -0.25) is 4.79 Å². The third-order valence-corrected chi connectivity index (χ3v) is 5.14. The highest BCUT2D eigenvalue weighted by molar-refractivity contribution is 5.97. The van der Waals surface area contributed by atoms with Crippen LogP contribution in [0.5, 0.6) is 0 Å². The van der Waals surface area contributed by atoms with E-state index in [4.69, 9.17) is 9.47 Å². The molecule has 0 bridgehead atoms. The van der Waals surface area contributed by atoms with Crippen LogP contribution in [-0.4, -0.2) is 24.0 Å². The second-order valence-electron chi connectivity index (χ2n) is 7.02. The van der Waals surface area contributed by atoms with Gasteiger partial charge in [0.2, 0.25) is 0 Å². The maximum Gasteiger partial charge on any atom is 0.338 e. The first-order chi connectivity index (χ1) is 12.6. The predicted octanol–water partition coefficient (Wildman–Crippen LogP) is 4.20. The average Bonchev–Trinajstić information content (AvgIpc) is 2.98. The molecule has 0 spiro atoms. The standard InChI is InChI=1S/C22H26O4/c1-3-4-5-6-7-12-18-21-20-16(17(23)13-14-19(20)26-18)11-9-8-10-15(2)25-22(21)24/h3-7,12-16,19-20H,8-11H2,1-2H3/b4-3+,6-5-,12-7+/t15-,16+,19-,20+/m0/s1. The number of ether oxygens (including phenoxy) is 2. The monoisotopic (exact) mass is 354 g/mol. The lowest BCUT2D eigenvalue weighted by atomic mass is 9.74. The number of esters is 1. The number of hydrogen-bond donors (Lipinski definition) is 0. The summed E-state index contributed by atoms with van der Waals surface area (Å²) in [5, 5.41) is 0. The van der Waals surface area contributed by atoms with E-state index in [1.54, 1.807) is 18.2 Å². The van der Waals surface area contributed by atoms with E-state index in [1.165, 1.54) is 0 Å². The van der Waals surface area contributed by atoms with Gasteiger partial charge in [-0.05, 0) is 51.3 Å². The fourth-order valence-corrected chi connectivity index (χ4v) is 3.86. The topological polar surface area (TPSA) is 52.6 Å². The second kappa shape index (κ2) is 8.35. The molecule has 0 saturated carbocycles. The van der Waals surface area contributed by atoms with E-state index in [0.717, 1.165) is 25.7 Å². The van der Waals surface area contributed by atoms with Crippen LogP contribution in [-0.2, 0) is 19.1 Å². The van der Waals surface area contributed by atoms with Crippen molar-refractivity contribution in [3.05, 3.63) is 59.9 Å². The summed E-state index contributed by atoms with van der Waals surface area (Å²) >= 11 is 0. The summed E-state index contributed by atoms with van der Waals surface area (Å²) < 4.78 is 11.7. The molecule has 0 aromatic carbocycles. The van der Waals surface area contributed by atoms with E-state index in [1.807, 2.05) is 44.2 Å². The minimum atomic E-state index is -0.350. The molecule has 0 radical (unpaired) electrons. The first kappa shape index (κ1) is 18.4. The highest BCUT2D eigenvalue weighted by Crippen LogP contribution is 2.43. The third kappa shape index (κ3) is 3.90. The van der Waals surface area contributed by atoms with Crippen molar-refractivity contribution in [2.75, 3.05) is 0 Å². The Hall–Kier alpha value is -2.36. The molecule has 0 unspecified atom stereocenters. The Balaban J connectivity index is 1.96. The molecule has 0 aromatic heterocycles. The van der Waals surface area contributed by atoms with Crippen molar-refractivity contribution in [1.29, 1.82) is 0 Å². The van der Waals surface area contributed by atoms with Crippen LogP contribution in [0.15, 0.2) is 59.9 Å². The van der Waals surface area contributed by atoms with Crippen LogP contribution in [0.25, 0.3) is 0 Å². The first-order valence-electron chi connectivity index (χ1n) is 9.41. The van der Waals surface area contributed by atoms with Crippen LogP contribution in [0.3, 0.4) is 0 Å². The molecule has 3 aliphatic rings. The highest BCUT2D eigenvalue weighted by atomic mass is 16.5.